The fourth-order valence-corrected chi connectivity index (χ4v) is 3.92. The molecule has 0 bridgehead atoms. The van der Waals surface area contributed by atoms with Crippen LogP contribution in [0.3, 0.4) is 0 Å². The molecule has 2 aromatic carbocycles. The largest absolute Gasteiger partial charge is 0.508 e. The van der Waals surface area contributed by atoms with Gasteiger partial charge in [-0.1, -0.05) is 13.8 Å². The van der Waals surface area contributed by atoms with Crippen LogP contribution in [-0.4, -0.2) is 55.5 Å². The monoisotopic (exact) mass is 438 g/mol. The molecule has 32 heavy (non-hydrogen) atoms. The highest BCUT2D eigenvalue weighted by Crippen LogP contribution is 2.37. The number of hydrogen-bond acceptors (Lipinski definition) is 6. The Labute approximate surface area is 184 Å². The second-order valence-corrected chi connectivity index (χ2v) is 8.22. The van der Waals surface area contributed by atoms with Gasteiger partial charge >= 0.3 is 5.69 Å². The molecule has 4 rings (SSSR count). The fourth-order valence-electron chi connectivity index (χ4n) is 3.92. The maximum atomic E-state index is 12.5. The van der Waals surface area contributed by atoms with Crippen LogP contribution in [0.2, 0.25) is 0 Å². The van der Waals surface area contributed by atoms with Gasteiger partial charge in [0.2, 0.25) is 6.41 Å². The van der Waals surface area contributed by atoms with Crippen LogP contribution in [-0.2, 0) is 4.79 Å². The Bertz CT molecular complexity index is 1160. The molecule has 1 aliphatic heterocycles. The predicted octanol–water partition coefficient (Wildman–Crippen LogP) is 2.76. The Kier molecular flexibility index (Phi) is 5.89. The second-order valence-electron chi connectivity index (χ2n) is 8.22. The minimum absolute atomic E-state index is 0.00819. The molecule has 3 aromatic rings. The second kappa shape index (κ2) is 8.78. The van der Waals surface area contributed by atoms with Crippen molar-refractivity contribution in [2.24, 2.45) is 0 Å². The SMILES string of the molecule is CC(C)c1cc(-c2n[nH]c(=O)n2-c2ccc(OC3CCN(C=O)CC3)cc2)c(O)cc1O. The zero-order valence-corrected chi connectivity index (χ0v) is 18.0. The van der Waals surface area contributed by atoms with Gasteiger partial charge < -0.3 is 19.8 Å². The van der Waals surface area contributed by atoms with Crippen molar-refractivity contribution in [3.8, 4) is 34.3 Å². The van der Waals surface area contributed by atoms with Gasteiger partial charge in [-0.2, -0.15) is 5.10 Å². The molecule has 9 heteroatoms. The number of likely N-dealkylation sites (tertiary alicyclic amines) is 1. The lowest BCUT2D eigenvalue weighted by Crippen LogP contribution is -2.37. The molecule has 1 saturated heterocycles. The Morgan fingerprint density at radius 3 is 2.44 bits per heavy atom. The van der Waals surface area contributed by atoms with E-state index in [4.69, 9.17) is 4.74 Å². The minimum atomic E-state index is -0.450. The number of piperidine rings is 1. The highest BCUT2D eigenvalue weighted by atomic mass is 16.5. The summed E-state index contributed by atoms with van der Waals surface area (Å²) in [6.45, 7) is 5.20. The van der Waals surface area contributed by atoms with Crippen LogP contribution in [0.5, 0.6) is 17.2 Å². The van der Waals surface area contributed by atoms with Crippen LogP contribution in [0.4, 0.5) is 0 Å². The first-order chi connectivity index (χ1) is 15.4. The highest BCUT2D eigenvalue weighted by molar-refractivity contribution is 5.69. The summed E-state index contributed by atoms with van der Waals surface area (Å²) in [6, 6.07) is 9.96. The maximum Gasteiger partial charge on any atom is 0.348 e. The summed E-state index contributed by atoms with van der Waals surface area (Å²) in [4.78, 5) is 25.1. The molecule has 2 heterocycles. The van der Waals surface area contributed by atoms with Gasteiger partial charge in [-0.25, -0.2) is 14.5 Å². The summed E-state index contributed by atoms with van der Waals surface area (Å²) in [6.07, 6.45) is 2.43. The van der Waals surface area contributed by atoms with Crippen LogP contribution in [0.1, 0.15) is 38.2 Å². The lowest BCUT2D eigenvalue weighted by Gasteiger charge is -2.29. The van der Waals surface area contributed by atoms with Gasteiger partial charge in [0.15, 0.2) is 5.82 Å². The summed E-state index contributed by atoms with van der Waals surface area (Å²) < 4.78 is 7.38. The molecule has 0 spiro atoms. The summed E-state index contributed by atoms with van der Waals surface area (Å²) in [5.74, 6) is 0.749. The number of rotatable bonds is 6. The number of carbonyl (C=O) groups is 1. The van der Waals surface area contributed by atoms with E-state index in [1.165, 1.54) is 10.6 Å². The van der Waals surface area contributed by atoms with Gasteiger partial charge in [0.1, 0.15) is 23.4 Å². The van der Waals surface area contributed by atoms with Crippen LogP contribution < -0.4 is 10.4 Å². The zero-order valence-electron chi connectivity index (χ0n) is 18.0. The molecule has 0 saturated carbocycles. The van der Waals surface area contributed by atoms with Crippen molar-refractivity contribution in [3.05, 3.63) is 52.4 Å². The van der Waals surface area contributed by atoms with E-state index in [-0.39, 0.29) is 29.3 Å². The average Bonchev–Trinajstić information content (AvgIpc) is 3.15. The van der Waals surface area contributed by atoms with Crippen molar-refractivity contribution >= 4 is 6.41 Å². The summed E-state index contributed by atoms with van der Waals surface area (Å²) >= 11 is 0. The minimum Gasteiger partial charge on any atom is -0.508 e. The Morgan fingerprint density at radius 2 is 1.81 bits per heavy atom. The molecular formula is C23H26N4O5. The molecule has 1 fully saturated rings. The van der Waals surface area contributed by atoms with E-state index in [1.807, 2.05) is 13.8 Å². The first kappa shape index (κ1) is 21.5. The number of nitrogens with one attached hydrogen (secondary N) is 1. The highest BCUT2D eigenvalue weighted by Gasteiger charge is 2.21. The topological polar surface area (TPSA) is 121 Å². The number of carbonyl (C=O) groups excluding carboxylic acids is 1. The average molecular weight is 438 g/mol. The molecule has 1 amide bonds. The van der Waals surface area contributed by atoms with E-state index in [0.29, 0.717) is 35.7 Å². The van der Waals surface area contributed by atoms with E-state index in [0.717, 1.165) is 19.3 Å². The van der Waals surface area contributed by atoms with Crippen LogP contribution in [0, 0.1) is 0 Å². The smallest absolute Gasteiger partial charge is 0.348 e. The Hall–Kier alpha value is -3.75. The van der Waals surface area contributed by atoms with Crippen molar-refractivity contribution in [3.63, 3.8) is 0 Å². The van der Waals surface area contributed by atoms with E-state index < -0.39 is 5.69 Å². The fraction of sp³-hybridized carbons (Fsp3) is 0.348. The van der Waals surface area contributed by atoms with Gasteiger partial charge in [0.05, 0.1) is 11.3 Å². The number of phenols is 2. The molecule has 0 atom stereocenters. The van der Waals surface area contributed by atoms with Gasteiger partial charge in [0, 0.05) is 32.0 Å². The number of benzene rings is 2. The number of aromatic nitrogens is 3. The number of hydrogen-bond donors (Lipinski definition) is 3. The van der Waals surface area contributed by atoms with Crippen molar-refractivity contribution in [2.75, 3.05) is 13.1 Å². The van der Waals surface area contributed by atoms with Crippen molar-refractivity contribution in [1.82, 2.24) is 19.7 Å². The third kappa shape index (κ3) is 4.18. The van der Waals surface area contributed by atoms with Crippen molar-refractivity contribution < 1.29 is 19.7 Å². The van der Waals surface area contributed by atoms with Crippen LogP contribution >= 0.6 is 0 Å². The quantitative estimate of drug-likeness (QED) is 0.509. The number of aromatic amines is 1. The normalized spacial score (nSPS) is 14.7. The molecule has 1 aromatic heterocycles. The molecule has 1 aliphatic rings. The van der Waals surface area contributed by atoms with E-state index >= 15 is 0 Å². The summed E-state index contributed by atoms with van der Waals surface area (Å²) in [5.41, 5.74) is 1.09. The van der Waals surface area contributed by atoms with E-state index in [2.05, 4.69) is 10.2 Å². The van der Waals surface area contributed by atoms with Crippen molar-refractivity contribution in [2.45, 2.75) is 38.7 Å². The van der Waals surface area contributed by atoms with Gasteiger partial charge in [-0.05, 0) is 41.8 Å². The number of ether oxygens (including phenoxy) is 1. The number of aromatic hydroxyl groups is 2. The predicted molar refractivity (Wildman–Crippen MR) is 118 cm³/mol. The van der Waals surface area contributed by atoms with Crippen LogP contribution in [0.15, 0.2) is 41.2 Å². The number of amides is 1. The molecule has 9 nitrogen and oxygen atoms in total. The Morgan fingerprint density at radius 1 is 1.12 bits per heavy atom. The molecule has 3 N–H and O–H groups in total. The lowest BCUT2D eigenvalue weighted by molar-refractivity contribution is -0.119. The number of nitrogens with zero attached hydrogens (tertiary/aromatic N) is 3. The third-order valence-corrected chi connectivity index (χ3v) is 5.70. The lowest BCUT2D eigenvalue weighted by atomic mass is 9.98. The van der Waals surface area contributed by atoms with Gasteiger partial charge in [-0.3, -0.25) is 4.79 Å². The van der Waals surface area contributed by atoms with Gasteiger partial charge in [-0.15, -0.1) is 0 Å². The van der Waals surface area contributed by atoms with Crippen molar-refractivity contribution in [1.29, 1.82) is 0 Å². The van der Waals surface area contributed by atoms with E-state index in [9.17, 15) is 19.8 Å². The molecule has 0 radical (unpaired) electrons. The standard InChI is InChI=1S/C23H26N4O5/c1-14(2)18-11-19(21(30)12-20(18)29)22-24-25-23(31)27(22)15-3-5-16(6-4-15)32-17-7-9-26(13-28)10-8-17/h3-6,11-14,17,29-30H,7-10H2,1-2H3,(H,25,31). The summed E-state index contributed by atoms with van der Waals surface area (Å²) in [7, 11) is 0. The number of H-pyrrole nitrogens is 1. The van der Waals surface area contributed by atoms with Crippen LogP contribution in [0.25, 0.3) is 17.1 Å². The van der Waals surface area contributed by atoms with E-state index in [1.54, 1.807) is 35.2 Å². The zero-order chi connectivity index (χ0) is 22.8. The molecule has 0 aliphatic carbocycles. The Balaban J connectivity index is 1.61. The maximum absolute atomic E-state index is 12.5. The van der Waals surface area contributed by atoms with Gasteiger partial charge in [0.25, 0.3) is 0 Å². The molecule has 0 unspecified atom stereocenters. The molecular weight excluding hydrogens is 412 g/mol. The third-order valence-electron chi connectivity index (χ3n) is 5.70. The molecule has 168 valence electrons. The first-order valence-corrected chi connectivity index (χ1v) is 10.6. The summed E-state index contributed by atoms with van der Waals surface area (Å²) in [5, 5.41) is 27.1. The number of phenolic OH excluding ortho intramolecular Hbond substituents is 2. The first-order valence-electron chi connectivity index (χ1n) is 10.6.